The molecule has 3 rings (SSSR count). The summed E-state index contributed by atoms with van der Waals surface area (Å²) < 4.78 is 5.38. The average molecular weight is 357 g/mol. The fourth-order valence-electron chi connectivity index (χ4n) is 2.90. The van der Waals surface area contributed by atoms with Gasteiger partial charge in [-0.1, -0.05) is 48.5 Å². The summed E-state index contributed by atoms with van der Waals surface area (Å²) in [7, 11) is 0. The van der Waals surface area contributed by atoms with Crippen LogP contribution in [0.15, 0.2) is 65.6 Å². The molecule has 2 N–H and O–H groups in total. The monoisotopic (exact) mass is 357 g/mol. The molecular weight excluding hydrogens is 332 g/mol. The molecular formula is C20H25N2O2S+. The van der Waals surface area contributed by atoms with Crippen LogP contribution in [0.4, 0.5) is 0 Å². The van der Waals surface area contributed by atoms with E-state index in [1.54, 1.807) is 11.8 Å². The second kappa shape index (κ2) is 9.61. The minimum atomic E-state index is -0.233. The summed E-state index contributed by atoms with van der Waals surface area (Å²) in [6, 6.07) is 20.1. The number of carbonyl (C=O) groups excluding carboxylic acids is 1. The van der Waals surface area contributed by atoms with Crippen LogP contribution in [0.3, 0.4) is 0 Å². The summed E-state index contributed by atoms with van der Waals surface area (Å²) in [4.78, 5) is 15.4. The molecule has 4 nitrogen and oxygen atoms in total. The lowest BCUT2D eigenvalue weighted by atomic mass is 10.1. The first-order chi connectivity index (χ1) is 12.3. The Kier molecular flexibility index (Phi) is 6.91. The van der Waals surface area contributed by atoms with Crippen molar-refractivity contribution in [3.8, 4) is 0 Å². The summed E-state index contributed by atoms with van der Waals surface area (Å²) in [5, 5.41) is 2.89. The van der Waals surface area contributed by atoms with Crippen LogP contribution in [-0.4, -0.2) is 45.3 Å². The molecule has 0 aliphatic carbocycles. The first kappa shape index (κ1) is 18.0. The van der Waals surface area contributed by atoms with Gasteiger partial charge in [0.1, 0.15) is 18.3 Å². The van der Waals surface area contributed by atoms with Crippen LogP contribution in [-0.2, 0) is 9.53 Å². The van der Waals surface area contributed by atoms with Crippen LogP contribution in [0.1, 0.15) is 10.8 Å². The van der Waals surface area contributed by atoms with Crippen molar-refractivity contribution in [1.82, 2.24) is 5.32 Å². The fraction of sp³-hybridized carbons (Fsp3) is 0.350. The van der Waals surface area contributed by atoms with Gasteiger partial charge in [-0.05, 0) is 17.7 Å². The molecule has 1 amide bonds. The minimum absolute atomic E-state index is 0.0766. The molecule has 0 aromatic heterocycles. The average Bonchev–Trinajstić information content (AvgIpc) is 2.68. The molecule has 0 spiro atoms. The number of quaternary nitrogens is 1. The van der Waals surface area contributed by atoms with Gasteiger partial charge < -0.3 is 15.0 Å². The number of ether oxygens (including phenoxy) is 1. The van der Waals surface area contributed by atoms with Gasteiger partial charge in [0.15, 0.2) is 0 Å². The van der Waals surface area contributed by atoms with Crippen molar-refractivity contribution >= 4 is 17.7 Å². The normalized spacial score (nSPS) is 16.3. The number of thioether (sulfide) groups is 1. The van der Waals surface area contributed by atoms with Gasteiger partial charge in [-0.2, -0.15) is 0 Å². The summed E-state index contributed by atoms with van der Waals surface area (Å²) in [5.74, 6) is 0.0766. The minimum Gasteiger partial charge on any atom is -0.370 e. The van der Waals surface area contributed by atoms with Crippen molar-refractivity contribution in [1.29, 1.82) is 0 Å². The van der Waals surface area contributed by atoms with E-state index in [0.29, 0.717) is 6.54 Å². The molecule has 0 radical (unpaired) electrons. The largest absolute Gasteiger partial charge is 0.370 e. The smallest absolute Gasteiger partial charge is 0.238 e. The van der Waals surface area contributed by atoms with Gasteiger partial charge in [0.05, 0.1) is 26.3 Å². The van der Waals surface area contributed by atoms with Crippen LogP contribution >= 0.6 is 11.8 Å². The van der Waals surface area contributed by atoms with Crippen molar-refractivity contribution in [2.24, 2.45) is 0 Å². The number of amides is 1. The first-order valence-corrected chi connectivity index (χ1v) is 9.66. The lowest BCUT2D eigenvalue weighted by Crippen LogP contribution is -3.14. The topological polar surface area (TPSA) is 42.8 Å². The third-order valence-electron chi connectivity index (χ3n) is 4.32. The maximum Gasteiger partial charge on any atom is 0.238 e. The molecule has 1 saturated heterocycles. The lowest BCUT2D eigenvalue weighted by molar-refractivity contribution is -0.906. The number of rotatable bonds is 7. The van der Waals surface area contributed by atoms with Gasteiger partial charge in [0, 0.05) is 4.90 Å². The predicted molar refractivity (Wildman–Crippen MR) is 101 cm³/mol. The van der Waals surface area contributed by atoms with Crippen molar-refractivity contribution in [3.05, 3.63) is 66.2 Å². The van der Waals surface area contributed by atoms with Crippen LogP contribution in [0.25, 0.3) is 0 Å². The van der Waals surface area contributed by atoms with Gasteiger partial charge in [-0.15, -0.1) is 11.8 Å². The van der Waals surface area contributed by atoms with Gasteiger partial charge in [0.25, 0.3) is 0 Å². The second-order valence-corrected chi connectivity index (χ2v) is 7.30. The van der Waals surface area contributed by atoms with E-state index in [1.165, 1.54) is 4.90 Å². The molecule has 2 aromatic carbocycles. The van der Waals surface area contributed by atoms with Crippen LogP contribution in [0.5, 0.6) is 0 Å². The third-order valence-corrected chi connectivity index (χ3v) is 5.58. The number of hydrogen-bond acceptors (Lipinski definition) is 3. The molecule has 0 saturated carbocycles. The van der Waals surface area contributed by atoms with E-state index < -0.39 is 0 Å². The van der Waals surface area contributed by atoms with Gasteiger partial charge in [0.2, 0.25) is 5.91 Å². The first-order valence-electron chi connectivity index (χ1n) is 8.78. The van der Waals surface area contributed by atoms with Crippen molar-refractivity contribution < 1.29 is 14.4 Å². The molecule has 132 valence electrons. The van der Waals surface area contributed by atoms with Gasteiger partial charge >= 0.3 is 0 Å². The molecule has 2 aromatic rings. The summed E-state index contributed by atoms with van der Waals surface area (Å²) in [6.07, 6.45) is 0. The third kappa shape index (κ3) is 5.59. The molecule has 5 heteroatoms. The maximum atomic E-state index is 12.8. The Morgan fingerprint density at radius 2 is 1.68 bits per heavy atom. The van der Waals surface area contributed by atoms with Crippen molar-refractivity contribution in [2.75, 3.05) is 39.4 Å². The summed E-state index contributed by atoms with van der Waals surface area (Å²) in [6.45, 7) is 5.34. The van der Waals surface area contributed by atoms with E-state index >= 15 is 0 Å². The van der Waals surface area contributed by atoms with Gasteiger partial charge in [-0.25, -0.2) is 0 Å². The molecule has 25 heavy (non-hydrogen) atoms. The molecule has 1 aliphatic rings. The number of nitrogens with one attached hydrogen (secondary N) is 2. The zero-order chi connectivity index (χ0) is 17.3. The fourth-order valence-corrected chi connectivity index (χ4v) is 3.97. The number of carbonyl (C=O) groups is 1. The number of hydrogen-bond donors (Lipinski definition) is 2. The Hall–Kier alpha value is -1.82. The molecule has 1 heterocycles. The number of benzene rings is 2. The Balaban J connectivity index is 1.60. The van der Waals surface area contributed by atoms with E-state index in [1.807, 2.05) is 60.7 Å². The van der Waals surface area contributed by atoms with Crippen LogP contribution < -0.4 is 10.2 Å². The maximum absolute atomic E-state index is 12.8. The highest BCUT2D eigenvalue weighted by molar-refractivity contribution is 8.00. The van der Waals surface area contributed by atoms with Crippen molar-refractivity contribution in [2.45, 2.75) is 10.1 Å². The van der Waals surface area contributed by atoms with E-state index in [9.17, 15) is 4.79 Å². The Morgan fingerprint density at radius 3 is 2.36 bits per heavy atom. The molecule has 1 fully saturated rings. The standard InChI is InChI=1S/C20H24N2O2S/c23-20(21-11-12-22-13-15-24-16-14-22)19(17-7-3-1-4-8-17)25-18-9-5-2-6-10-18/h1-10,19H,11-16H2,(H,21,23)/p+1/t19-/m0/s1. The number of morpholine rings is 1. The molecule has 1 aliphatic heterocycles. The van der Waals surface area contributed by atoms with E-state index in [2.05, 4.69) is 5.32 Å². The highest BCUT2D eigenvalue weighted by atomic mass is 32.2. The van der Waals surface area contributed by atoms with E-state index in [0.717, 1.165) is 43.3 Å². The van der Waals surface area contributed by atoms with E-state index in [-0.39, 0.29) is 11.2 Å². The zero-order valence-corrected chi connectivity index (χ0v) is 15.1. The quantitative estimate of drug-likeness (QED) is 0.739. The van der Waals surface area contributed by atoms with Crippen LogP contribution in [0, 0.1) is 0 Å². The SMILES string of the molecule is O=C(NCC[NH+]1CCOCC1)[C@@H](Sc1ccccc1)c1ccccc1. The molecule has 0 bridgehead atoms. The Bertz CT molecular complexity index is 645. The molecule has 1 atom stereocenters. The Morgan fingerprint density at radius 1 is 1.04 bits per heavy atom. The Labute approximate surface area is 153 Å². The highest BCUT2D eigenvalue weighted by Crippen LogP contribution is 2.35. The van der Waals surface area contributed by atoms with Crippen LogP contribution in [0.2, 0.25) is 0 Å². The van der Waals surface area contributed by atoms with Gasteiger partial charge in [-0.3, -0.25) is 4.79 Å². The second-order valence-electron chi connectivity index (χ2n) is 6.13. The summed E-state index contributed by atoms with van der Waals surface area (Å²) >= 11 is 1.60. The highest BCUT2D eigenvalue weighted by Gasteiger charge is 2.22. The summed E-state index contributed by atoms with van der Waals surface area (Å²) in [5.41, 5.74) is 1.03. The zero-order valence-electron chi connectivity index (χ0n) is 14.3. The molecule has 0 unspecified atom stereocenters. The van der Waals surface area contributed by atoms with Crippen molar-refractivity contribution in [3.63, 3.8) is 0 Å². The predicted octanol–water partition coefficient (Wildman–Crippen LogP) is 1.55. The van der Waals surface area contributed by atoms with E-state index in [4.69, 9.17) is 4.74 Å². The lowest BCUT2D eigenvalue weighted by Gasteiger charge is -2.24.